The summed E-state index contributed by atoms with van der Waals surface area (Å²) < 4.78 is 0. The Morgan fingerprint density at radius 2 is 1.44 bits per heavy atom. The van der Waals surface area contributed by atoms with E-state index in [1.165, 1.54) is 5.56 Å². The molecule has 94 valence electrons. The number of halogens is 2. The van der Waals surface area contributed by atoms with E-state index >= 15 is 0 Å². The van der Waals surface area contributed by atoms with Gasteiger partial charge in [0.15, 0.2) is 0 Å². The summed E-state index contributed by atoms with van der Waals surface area (Å²) >= 11 is 12.3. The van der Waals surface area contributed by atoms with Crippen LogP contribution >= 0.6 is 23.2 Å². The van der Waals surface area contributed by atoms with Gasteiger partial charge in [-0.2, -0.15) is 0 Å². The van der Waals surface area contributed by atoms with Crippen molar-refractivity contribution in [3.8, 4) is 0 Å². The minimum atomic E-state index is 0.0183. The summed E-state index contributed by atoms with van der Waals surface area (Å²) in [5.41, 5.74) is 8.32. The third-order valence-electron chi connectivity index (χ3n) is 2.87. The maximum atomic E-state index is 6.16. The second-order valence-corrected chi connectivity index (χ2v) is 5.17. The normalized spacial score (nSPS) is 12.4. The SMILES string of the molecule is NC(Cc1ccccc1)Cc1c(Cl)cccc1Cl. The van der Waals surface area contributed by atoms with Gasteiger partial charge < -0.3 is 5.73 Å². The number of hydrogen-bond acceptors (Lipinski definition) is 1. The molecule has 1 nitrogen and oxygen atoms in total. The molecule has 2 aromatic rings. The highest BCUT2D eigenvalue weighted by molar-refractivity contribution is 6.36. The van der Waals surface area contributed by atoms with Crippen molar-refractivity contribution in [2.24, 2.45) is 5.73 Å². The van der Waals surface area contributed by atoms with Crippen LogP contribution < -0.4 is 5.73 Å². The highest BCUT2D eigenvalue weighted by Gasteiger charge is 2.11. The first-order valence-electron chi connectivity index (χ1n) is 5.89. The minimum absolute atomic E-state index is 0.0183. The average Bonchev–Trinajstić information content (AvgIpc) is 2.35. The fraction of sp³-hybridized carbons (Fsp3) is 0.200. The number of rotatable bonds is 4. The molecule has 1 atom stereocenters. The van der Waals surface area contributed by atoms with E-state index < -0.39 is 0 Å². The molecule has 0 spiro atoms. The van der Waals surface area contributed by atoms with Gasteiger partial charge in [-0.15, -0.1) is 0 Å². The Kier molecular flexibility index (Phi) is 4.65. The van der Waals surface area contributed by atoms with Gasteiger partial charge in [-0.05, 0) is 36.1 Å². The van der Waals surface area contributed by atoms with Crippen LogP contribution in [0.3, 0.4) is 0 Å². The molecule has 0 saturated heterocycles. The van der Waals surface area contributed by atoms with E-state index in [1.807, 2.05) is 36.4 Å². The zero-order chi connectivity index (χ0) is 13.0. The van der Waals surface area contributed by atoms with Crippen molar-refractivity contribution in [1.82, 2.24) is 0 Å². The van der Waals surface area contributed by atoms with E-state index in [9.17, 15) is 0 Å². The van der Waals surface area contributed by atoms with E-state index in [-0.39, 0.29) is 6.04 Å². The predicted molar refractivity (Wildman–Crippen MR) is 78.3 cm³/mol. The summed E-state index contributed by atoms with van der Waals surface area (Å²) in [6.07, 6.45) is 1.51. The van der Waals surface area contributed by atoms with Crippen LogP contribution in [-0.4, -0.2) is 6.04 Å². The van der Waals surface area contributed by atoms with Crippen molar-refractivity contribution in [3.63, 3.8) is 0 Å². The van der Waals surface area contributed by atoms with E-state index in [2.05, 4.69) is 12.1 Å². The molecule has 0 heterocycles. The predicted octanol–water partition coefficient (Wildman–Crippen LogP) is 4.11. The van der Waals surface area contributed by atoms with E-state index in [1.54, 1.807) is 0 Å². The summed E-state index contributed by atoms with van der Waals surface area (Å²) in [6, 6.07) is 15.7. The highest BCUT2D eigenvalue weighted by atomic mass is 35.5. The molecule has 0 aliphatic heterocycles. The maximum Gasteiger partial charge on any atom is 0.0453 e. The highest BCUT2D eigenvalue weighted by Crippen LogP contribution is 2.25. The number of nitrogens with two attached hydrogens (primary N) is 1. The molecule has 0 fully saturated rings. The molecule has 0 amide bonds. The van der Waals surface area contributed by atoms with Gasteiger partial charge in [-0.1, -0.05) is 59.6 Å². The molecule has 18 heavy (non-hydrogen) atoms. The Bertz CT molecular complexity index is 491. The van der Waals surface area contributed by atoms with Crippen molar-refractivity contribution in [2.45, 2.75) is 18.9 Å². The molecule has 0 radical (unpaired) electrons. The summed E-state index contributed by atoms with van der Waals surface area (Å²) in [5, 5.41) is 1.37. The summed E-state index contributed by atoms with van der Waals surface area (Å²) in [7, 11) is 0. The zero-order valence-corrected chi connectivity index (χ0v) is 11.5. The molecule has 0 aromatic heterocycles. The first-order chi connectivity index (χ1) is 8.66. The summed E-state index contributed by atoms with van der Waals surface area (Å²) in [5.74, 6) is 0. The van der Waals surface area contributed by atoms with Crippen LogP contribution in [0.2, 0.25) is 10.0 Å². The second-order valence-electron chi connectivity index (χ2n) is 4.35. The average molecular weight is 280 g/mol. The van der Waals surface area contributed by atoms with E-state index in [4.69, 9.17) is 28.9 Å². The molecule has 0 bridgehead atoms. The second kappa shape index (κ2) is 6.24. The van der Waals surface area contributed by atoms with Crippen molar-refractivity contribution in [2.75, 3.05) is 0 Å². The zero-order valence-electron chi connectivity index (χ0n) is 9.94. The van der Waals surface area contributed by atoms with Gasteiger partial charge in [-0.3, -0.25) is 0 Å². The van der Waals surface area contributed by atoms with Crippen LogP contribution in [0.1, 0.15) is 11.1 Å². The Morgan fingerprint density at radius 3 is 2.06 bits per heavy atom. The van der Waals surface area contributed by atoms with E-state index in [0.717, 1.165) is 12.0 Å². The van der Waals surface area contributed by atoms with Gasteiger partial charge >= 0.3 is 0 Å². The topological polar surface area (TPSA) is 26.0 Å². The summed E-state index contributed by atoms with van der Waals surface area (Å²) in [6.45, 7) is 0. The lowest BCUT2D eigenvalue weighted by Gasteiger charge is -2.14. The van der Waals surface area contributed by atoms with Crippen LogP contribution in [0.25, 0.3) is 0 Å². The monoisotopic (exact) mass is 279 g/mol. The smallest absolute Gasteiger partial charge is 0.0453 e. The van der Waals surface area contributed by atoms with Crippen LogP contribution in [-0.2, 0) is 12.8 Å². The van der Waals surface area contributed by atoms with E-state index in [0.29, 0.717) is 16.5 Å². The van der Waals surface area contributed by atoms with Gasteiger partial charge in [0, 0.05) is 16.1 Å². The standard InChI is InChI=1S/C15H15Cl2N/c16-14-7-4-8-15(17)13(14)10-12(18)9-11-5-2-1-3-6-11/h1-8,12H,9-10,18H2. The third kappa shape index (κ3) is 3.49. The van der Waals surface area contributed by atoms with Gasteiger partial charge in [0.25, 0.3) is 0 Å². The molecule has 0 saturated carbocycles. The van der Waals surface area contributed by atoms with Crippen LogP contribution in [0.5, 0.6) is 0 Å². The third-order valence-corrected chi connectivity index (χ3v) is 3.58. The molecule has 0 aliphatic rings. The fourth-order valence-corrected chi connectivity index (χ4v) is 2.53. The molecule has 2 N–H and O–H groups in total. The van der Waals surface area contributed by atoms with Crippen LogP contribution in [0.4, 0.5) is 0 Å². The van der Waals surface area contributed by atoms with Crippen molar-refractivity contribution >= 4 is 23.2 Å². The minimum Gasteiger partial charge on any atom is -0.327 e. The van der Waals surface area contributed by atoms with Crippen molar-refractivity contribution in [3.05, 3.63) is 69.7 Å². The maximum absolute atomic E-state index is 6.16. The molecule has 0 aliphatic carbocycles. The molecule has 2 rings (SSSR count). The quantitative estimate of drug-likeness (QED) is 0.896. The lowest BCUT2D eigenvalue weighted by Crippen LogP contribution is -2.25. The first kappa shape index (κ1) is 13.4. The Morgan fingerprint density at radius 1 is 0.833 bits per heavy atom. The van der Waals surface area contributed by atoms with Gasteiger partial charge in [-0.25, -0.2) is 0 Å². The molecular formula is C15H15Cl2N. The van der Waals surface area contributed by atoms with Crippen LogP contribution in [0, 0.1) is 0 Å². The molecule has 2 aromatic carbocycles. The molecule has 3 heteroatoms. The number of benzene rings is 2. The van der Waals surface area contributed by atoms with Gasteiger partial charge in [0.05, 0.1) is 0 Å². The lowest BCUT2D eigenvalue weighted by molar-refractivity contribution is 0.665. The van der Waals surface area contributed by atoms with Gasteiger partial charge in [0.2, 0.25) is 0 Å². The first-order valence-corrected chi connectivity index (χ1v) is 6.65. The molecule has 1 unspecified atom stereocenters. The van der Waals surface area contributed by atoms with Crippen molar-refractivity contribution < 1.29 is 0 Å². The Labute approximate surface area is 118 Å². The lowest BCUT2D eigenvalue weighted by atomic mass is 10.00. The Balaban J connectivity index is 2.06. The van der Waals surface area contributed by atoms with Crippen molar-refractivity contribution in [1.29, 1.82) is 0 Å². The largest absolute Gasteiger partial charge is 0.327 e. The van der Waals surface area contributed by atoms with Crippen LogP contribution in [0.15, 0.2) is 48.5 Å². The fourth-order valence-electron chi connectivity index (χ4n) is 1.98. The number of hydrogen-bond donors (Lipinski definition) is 1. The summed E-state index contributed by atoms with van der Waals surface area (Å²) in [4.78, 5) is 0. The van der Waals surface area contributed by atoms with Gasteiger partial charge in [0.1, 0.15) is 0 Å². The Hall–Kier alpha value is -1.02. The molecular weight excluding hydrogens is 265 g/mol.